The molecule has 4 rings (SSSR count). The van der Waals surface area contributed by atoms with Gasteiger partial charge < -0.3 is 10.1 Å². The van der Waals surface area contributed by atoms with Crippen LogP contribution in [0.25, 0.3) is 21.1 Å². The second-order valence-corrected chi connectivity index (χ2v) is 12.2. The number of pyridine rings is 1. The lowest BCUT2D eigenvalue weighted by Crippen LogP contribution is -2.28. The normalized spacial score (nSPS) is 12.6. The minimum Gasteiger partial charge on any atom is -0.490 e. The third-order valence-corrected chi connectivity index (χ3v) is 8.20. The number of hydrogen-bond acceptors (Lipinski definition) is 7. The number of fused-ring (bicyclic) bond motifs is 2. The molecule has 0 saturated heterocycles. The maximum absolute atomic E-state index is 13.4. The predicted octanol–water partition coefficient (Wildman–Crippen LogP) is 5.95. The lowest BCUT2D eigenvalue weighted by molar-refractivity contribution is 0.236. The number of sulfone groups is 1. The van der Waals surface area contributed by atoms with Crippen LogP contribution in [0.1, 0.15) is 34.6 Å². The minimum atomic E-state index is -3.64. The van der Waals surface area contributed by atoms with Gasteiger partial charge >= 0.3 is 0 Å². The van der Waals surface area contributed by atoms with Gasteiger partial charge in [0.1, 0.15) is 10.6 Å². The molecular formula is C23H25N3O3S2. The first-order valence-electron chi connectivity index (χ1n) is 10.0. The van der Waals surface area contributed by atoms with Crippen LogP contribution in [0.15, 0.2) is 53.0 Å². The van der Waals surface area contributed by atoms with Gasteiger partial charge in [0, 0.05) is 29.0 Å². The molecule has 0 bridgehead atoms. The van der Waals surface area contributed by atoms with Crippen molar-refractivity contribution < 1.29 is 13.2 Å². The summed E-state index contributed by atoms with van der Waals surface area (Å²) >= 11 is 1.59. The molecule has 0 aliphatic heterocycles. The van der Waals surface area contributed by atoms with Crippen molar-refractivity contribution >= 4 is 53.7 Å². The van der Waals surface area contributed by atoms with Gasteiger partial charge in [-0.05, 0) is 65.0 Å². The number of ether oxygens (including phenoxy) is 1. The third kappa shape index (κ3) is 4.09. The third-order valence-electron chi connectivity index (χ3n) is 4.87. The molecule has 1 N–H and O–H groups in total. The molecule has 2 aromatic heterocycles. The smallest absolute Gasteiger partial charge is 0.186 e. The predicted molar refractivity (Wildman–Crippen MR) is 127 cm³/mol. The van der Waals surface area contributed by atoms with Crippen LogP contribution in [0.5, 0.6) is 5.75 Å². The van der Waals surface area contributed by atoms with Crippen molar-refractivity contribution in [2.24, 2.45) is 0 Å². The fraction of sp³-hybridized carbons (Fsp3) is 0.304. The quantitative estimate of drug-likeness (QED) is 0.401. The number of aromatic nitrogens is 2. The Hall–Kier alpha value is -2.71. The topological polar surface area (TPSA) is 81.2 Å². The largest absolute Gasteiger partial charge is 0.490 e. The van der Waals surface area contributed by atoms with Gasteiger partial charge in [0.2, 0.25) is 0 Å². The van der Waals surface area contributed by atoms with Gasteiger partial charge in [-0.1, -0.05) is 0 Å². The van der Waals surface area contributed by atoms with Crippen LogP contribution in [-0.4, -0.2) is 29.2 Å². The van der Waals surface area contributed by atoms with E-state index >= 15 is 0 Å². The summed E-state index contributed by atoms with van der Waals surface area (Å²) in [5.74, 6) is 0.325. The number of benzene rings is 2. The van der Waals surface area contributed by atoms with Crippen molar-refractivity contribution in [1.29, 1.82) is 0 Å². The number of thiazole rings is 1. The van der Waals surface area contributed by atoms with E-state index in [1.165, 1.54) is 0 Å². The van der Waals surface area contributed by atoms with E-state index < -0.39 is 14.6 Å². The fourth-order valence-electron chi connectivity index (χ4n) is 3.24. The zero-order chi connectivity index (χ0) is 22.4. The van der Waals surface area contributed by atoms with E-state index in [0.717, 1.165) is 21.6 Å². The summed E-state index contributed by atoms with van der Waals surface area (Å²) in [5.41, 5.74) is 5.02. The monoisotopic (exact) mass is 455 g/mol. The molecule has 0 fully saturated rings. The maximum Gasteiger partial charge on any atom is 0.186 e. The van der Waals surface area contributed by atoms with Crippen molar-refractivity contribution in [2.45, 2.75) is 50.4 Å². The summed E-state index contributed by atoms with van der Waals surface area (Å²) in [6.07, 6.45) is 1.53. The molecule has 0 unspecified atom stereocenters. The van der Waals surface area contributed by atoms with E-state index in [-0.39, 0.29) is 11.0 Å². The van der Waals surface area contributed by atoms with E-state index in [1.807, 2.05) is 43.6 Å². The number of hydrogen-bond donors (Lipinski definition) is 1. The van der Waals surface area contributed by atoms with Crippen LogP contribution >= 0.6 is 11.3 Å². The highest BCUT2D eigenvalue weighted by Gasteiger charge is 2.34. The van der Waals surface area contributed by atoms with Crippen molar-refractivity contribution in [3.05, 3.63) is 48.1 Å². The second-order valence-electron chi connectivity index (χ2n) is 8.62. The molecule has 0 spiro atoms. The molecular weight excluding hydrogens is 430 g/mol. The van der Waals surface area contributed by atoms with E-state index in [2.05, 4.69) is 15.3 Å². The van der Waals surface area contributed by atoms with Crippen molar-refractivity contribution in [3.8, 4) is 5.75 Å². The van der Waals surface area contributed by atoms with Gasteiger partial charge in [-0.2, -0.15) is 0 Å². The summed E-state index contributed by atoms with van der Waals surface area (Å²) in [4.78, 5) is 8.99. The first kappa shape index (κ1) is 21.5. The lowest BCUT2D eigenvalue weighted by atomic mass is 10.1. The van der Waals surface area contributed by atoms with Crippen LogP contribution in [0.3, 0.4) is 0 Å². The Balaban J connectivity index is 1.88. The molecule has 0 radical (unpaired) electrons. The Labute approximate surface area is 186 Å². The molecule has 2 aromatic carbocycles. The SMILES string of the molecule is CC(C)Oc1cc2nccc(Nc3ccc4scnc4c3)c2cc1S(=O)(=O)C(C)(C)C. The van der Waals surface area contributed by atoms with E-state index in [4.69, 9.17) is 4.74 Å². The molecule has 0 saturated carbocycles. The standard InChI is InChI=1S/C23H25N3O3S2/c1-14(2)29-20-12-18-16(11-22(20)31(27,28)23(3,4)5)17(8-9-24-18)26-15-6-7-21-19(10-15)25-13-30-21/h6-14H,1-5H3,(H,24,26). The molecule has 31 heavy (non-hydrogen) atoms. The summed E-state index contributed by atoms with van der Waals surface area (Å²) in [6, 6.07) is 11.2. The number of anilines is 2. The molecule has 2 heterocycles. The molecule has 4 aromatic rings. The lowest BCUT2D eigenvalue weighted by Gasteiger charge is -2.23. The Morgan fingerprint density at radius 1 is 1.03 bits per heavy atom. The van der Waals surface area contributed by atoms with Gasteiger partial charge in [-0.3, -0.25) is 4.98 Å². The van der Waals surface area contributed by atoms with Crippen LogP contribution in [-0.2, 0) is 9.84 Å². The average Bonchev–Trinajstić information content (AvgIpc) is 3.14. The highest BCUT2D eigenvalue weighted by molar-refractivity contribution is 7.92. The maximum atomic E-state index is 13.4. The van der Waals surface area contributed by atoms with Crippen molar-refractivity contribution in [2.75, 3.05) is 5.32 Å². The van der Waals surface area contributed by atoms with Gasteiger partial charge in [0.05, 0.1) is 32.1 Å². The molecule has 0 aliphatic carbocycles. The second kappa shape index (κ2) is 7.76. The molecule has 0 amide bonds. The van der Waals surface area contributed by atoms with Crippen LogP contribution in [0, 0.1) is 0 Å². The number of nitrogens with zero attached hydrogens (tertiary/aromatic N) is 2. The summed E-state index contributed by atoms with van der Waals surface area (Å²) < 4.78 is 32.7. The average molecular weight is 456 g/mol. The van der Waals surface area contributed by atoms with E-state index in [1.54, 1.807) is 50.4 Å². The summed E-state index contributed by atoms with van der Waals surface area (Å²) in [5, 5.41) is 4.10. The Morgan fingerprint density at radius 3 is 2.52 bits per heavy atom. The Kier molecular flexibility index (Phi) is 5.39. The van der Waals surface area contributed by atoms with Crippen LogP contribution < -0.4 is 10.1 Å². The van der Waals surface area contributed by atoms with E-state index in [9.17, 15) is 8.42 Å². The minimum absolute atomic E-state index is 0.169. The molecule has 162 valence electrons. The summed E-state index contributed by atoms with van der Waals surface area (Å²) in [6.45, 7) is 8.82. The molecule has 6 nitrogen and oxygen atoms in total. The van der Waals surface area contributed by atoms with E-state index in [0.29, 0.717) is 16.7 Å². The van der Waals surface area contributed by atoms with Gasteiger partial charge in [0.15, 0.2) is 9.84 Å². The van der Waals surface area contributed by atoms with Gasteiger partial charge in [-0.15, -0.1) is 11.3 Å². The molecule has 0 aliphatic rings. The number of rotatable bonds is 5. The van der Waals surface area contributed by atoms with Crippen molar-refractivity contribution in [1.82, 2.24) is 9.97 Å². The van der Waals surface area contributed by atoms with Gasteiger partial charge in [-0.25, -0.2) is 13.4 Å². The molecule has 0 atom stereocenters. The highest BCUT2D eigenvalue weighted by atomic mass is 32.2. The Morgan fingerprint density at radius 2 is 1.81 bits per heavy atom. The zero-order valence-corrected chi connectivity index (χ0v) is 19.8. The molecule has 8 heteroatoms. The zero-order valence-electron chi connectivity index (χ0n) is 18.1. The van der Waals surface area contributed by atoms with Crippen LogP contribution in [0.4, 0.5) is 11.4 Å². The van der Waals surface area contributed by atoms with Crippen LogP contribution in [0.2, 0.25) is 0 Å². The van der Waals surface area contributed by atoms with Crippen molar-refractivity contribution in [3.63, 3.8) is 0 Å². The first-order chi connectivity index (χ1) is 14.6. The van der Waals surface area contributed by atoms with Gasteiger partial charge in [0.25, 0.3) is 0 Å². The highest BCUT2D eigenvalue weighted by Crippen LogP contribution is 2.38. The number of nitrogens with one attached hydrogen (secondary N) is 1. The Bertz CT molecular complexity index is 1370. The summed E-state index contributed by atoms with van der Waals surface area (Å²) in [7, 11) is -3.64. The fourth-order valence-corrected chi connectivity index (χ4v) is 5.20. The first-order valence-corrected chi connectivity index (χ1v) is 12.4.